The van der Waals surface area contributed by atoms with E-state index >= 15 is 0 Å². The molecule has 4 rings (SSSR count). The van der Waals surface area contributed by atoms with Gasteiger partial charge in [0.2, 0.25) is 11.8 Å². The Labute approximate surface area is 189 Å². The van der Waals surface area contributed by atoms with Crippen molar-refractivity contribution in [2.75, 3.05) is 30.4 Å². The van der Waals surface area contributed by atoms with Crippen LogP contribution in [0.1, 0.15) is 66.8 Å². The average Bonchev–Trinajstić information content (AvgIpc) is 3.37. The third kappa shape index (κ3) is 5.14. The summed E-state index contributed by atoms with van der Waals surface area (Å²) >= 11 is 0. The lowest BCUT2D eigenvalue weighted by atomic mass is 9.80. The predicted molar refractivity (Wildman–Crippen MR) is 121 cm³/mol. The number of amides is 3. The summed E-state index contributed by atoms with van der Waals surface area (Å²) in [4.78, 5) is 39.5. The molecule has 1 atom stereocenters. The molecule has 0 aromatic heterocycles. The molecule has 1 aliphatic carbocycles. The zero-order valence-electron chi connectivity index (χ0n) is 18.4. The number of hydrogen-bond acceptors (Lipinski definition) is 5. The third-order valence-corrected chi connectivity index (χ3v) is 7.88. The van der Waals surface area contributed by atoms with E-state index in [9.17, 15) is 22.8 Å². The molecule has 0 radical (unpaired) electrons. The zero-order chi connectivity index (χ0) is 22.9. The van der Waals surface area contributed by atoms with Gasteiger partial charge in [-0.2, -0.15) is 0 Å². The van der Waals surface area contributed by atoms with E-state index in [0.717, 1.165) is 43.2 Å². The zero-order valence-corrected chi connectivity index (χ0v) is 19.2. The number of benzene rings is 1. The van der Waals surface area contributed by atoms with E-state index < -0.39 is 9.84 Å². The van der Waals surface area contributed by atoms with Crippen LogP contribution < -0.4 is 10.6 Å². The molecule has 0 bridgehead atoms. The van der Waals surface area contributed by atoms with Crippen LogP contribution in [0.4, 0.5) is 5.69 Å². The SMILES string of the molecule is CS(=O)(=O)CCC(=O)N1CCC(C2C(=O)Nc3ccc(C(=O)NC4CCCC4)cc32)CC1. The molecule has 2 fully saturated rings. The Balaban J connectivity index is 1.40. The quantitative estimate of drug-likeness (QED) is 0.673. The highest BCUT2D eigenvalue weighted by molar-refractivity contribution is 7.90. The molecule has 3 amide bonds. The standard InChI is InChI=1S/C23H31N3O5S/c1-32(30,31)13-10-20(27)26-11-8-15(9-12-26)21-18-14-16(6-7-19(18)25-23(21)29)22(28)24-17-4-2-3-5-17/h6-7,14-15,17,21H,2-5,8-13H2,1H3,(H,24,28)(H,25,29). The molecule has 3 aliphatic rings. The van der Waals surface area contributed by atoms with Crippen molar-refractivity contribution in [3.63, 3.8) is 0 Å². The van der Waals surface area contributed by atoms with Crippen molar-refractivity contribution in [3.05, 3.63) is 29.3 Å². The van der Waals surface area contributed by atoms with E-state index in [1.165, 1.54) is 0 Å². The third-order valence-electron chi connectivity index (χ3n) is 6.93. The molecule has 8 nitrogen and oxygen atoms in total. The van der Waals surface area contributed by atoms with Crippen molar-refractivity contribution in [2.24, 2.45) is 5.92 Å². The van der Waals surface area contributed by atoms with Crippen molar-refractivity contribution < 1.29 is 22.8 Å². The molecule has 2 aliphatic heterocycles. The molecule has 2 heterocycles. The normalized spacial score (nSPS) is 22.0. The Kier molecular flexibility index (Phi) is 6.55. The minimum Gasteiger partial charge on any atom is -0.349 e. The number of carbonyl (C=O) groups excluding carboxylic acids is 3. The maximum Gasteiger partial charge on any atom is 0.251 e. The van der Waals surface area contributed by atoms with Crippen LogP contribution in [0.5, 0.6) is 0 Å². The van der Waals surface area contributed by atoms with Gasteiger partial charge < -0.3 is 15.5 Å². The van der Waals surface area contributed by atoms with Crippen LogP contribution in [-0.2, 0) is 19.4 Å². The van der Waals surface area contributed by atoms with E-state index in [-0.39, 0.29) is 47.8 Å². The molecule has 1 unspecified atom stereocenters. The molecule has 1 saturated carbocycles. The van der Waals surface area contributed by atoms with Gasteiger partial charge in [-0.15, -0.1) is 0 Å². The highest BCUT2D eigenvalue weighted by atomic mass is 32.2. The number of fused-ring (bicyclic) bond motifs is 1. The molecule has 32 heavy (non-hydrogen) atoms. The van der Waals surface area contributed by atoms with Crippen LogP contribution in [0.3, 0.4) is 0 Å². The second-order valence-electron chi connectivity index (χ2n) is 9.32. The first-order chi connectivity index (χ1) is 15.2. The van der Waals surface area contributed by atoms with Gasteiger partial charge in [-0.25, -0.2) is 8.42 Å². The molecule has 1 saturated heterocycles. The fourth-order valence-electron chi connectivity index (χ4n) is 5.15. The van der Waals surface area contributed by atoms with Crippen LogP contribution in [0, 0.1) is 5.92 Å². The molecule has 1 aromatic carbocycles. The van der Waals surface area contributed by atoms with Gasteiger partial charge in [-0.05, 0) is 55.4 Å². The Hall–Kier alpha value is -2.42. The Morgan fingerprint density at radius 2 is 1.81 bits per heavy atom. The number of anilines is 1. The highest BCUT2D eigenvalue weighted by Crippen LogP contribution is 2.42. The second kappa shape index (κ2) is 9.21. The summed E-state index contributed by atoms with van der Waals surface area (Å²) in [6.45, 7) is 1.02. The number of hydrogen-bond donors (Lipinski definition) is 2. The summed E-state index contributed by atoms with van der Waals surface area (Å²) in [7, 11) is -3.17. The van der Waals surface area contributed by atoms with E-state index in [1.54, 1.807) is 17.0 Å². The molecule has 2 N–H and O–H groups in total. The van der Waals surface area contributed by atoms with Gasteiger partial charge in [-0.3, -0.25) is 14.4 Å². The number of piperidine rings is 1. The fourth-order valence-corrected chi connectivity index (χ4v) is 5.69. The van der Waals surface area contributed by atoms with E-state index in [4.69, 9.17) is 0 Å². The number of sulfone groups is 1. The van der Waals surface area contributed by atoms with E-state index in [0.29, 0.717) is 31.5 Å². The van der Waals surface area contributed by atoms with Crippen molar-refractivity contribution in [2.45, 2.75) is 56.9 Å². The van der Waals surface area contributed by atoms with Crippen LogP contribution in [-0.4, -0.2) is 62.2 Å². The predicted octanol–water partition coefficient (Wildman–Crippen LogP) is 2.07. The lowest BCUT2D eigenvalue weighted by molar-refractivity contribution is -0.132. The van der Waals surface area contributed by atoms with E-state index in [1.807, 2.05) is 6.07 Å². The lowest BCUT2D eigenvalue weighted by Gasteiger charge is -2.34. The molecular formula is C23H31N3O5S. The first-order valence-electron chi connectivity index (χ1n) is 11.4. The Morgan fingerprint density at radius 1 is 1.12 bits per heavy atom. The summed E-state index contributed by atoms with van der Waals surface area (Å²) in [6, 6.07) is 5.64. The lowest BCUT2D eigenvalue weighted by Crippen LogP contribution is -2.41. The Morgan fingerprint density at radius 3 is 2.47 bits per heavy atom. The second-order valence-corrected chi connectivity index (χ2v) is 11.6. The van der Waals surface area contributed by atoms with Gasteiger partial charge in [-0.1, -0.05) is 12.8 Å². The van der Waals surface area contributed by atoms with Gasteiger partial charge in [0, 0.05) is 43.1 Å². The topological polar surface area (TPSA) is 113 Å². The summed E-state index contributed by atoms with van der Waals surface area (Å²) in [5.41, 5.74) is 2.19. The van der Waals surface area contributed by atoms with Gasteiger partial charge in [0.1, 0.15) is 9.84 Å². The molecule has 9 heteroatoms. The van der Waals surface area contributed by atoms with E-state index in [2.05, 4.69) is 10.6 Å². The van der Waals surface area contributed by atoms with Gasteiger partial charge in [0.15, 0.2) is 0 Å². The van der Waals surface area contributed by atoms with Crippen molar-refractivity contribution in [1.29, 1.82) is 0 Å². The monoisotopic (exact) mass is 461 g/mol. The van der Waals surface area contributed by atoms with Gasteiger partial charge in [0.25, 0.3) is 5.91 Å². The smallest absolute Gasteiger partial charge is 0.251 e. The highest BCUT2D eigenvalue weighted by Gasteiger charge is 2.39. The number of carbonyl (C=O) groups is 3. The molecule has 174 valence electrons. The number of likely N-dealkylation sites (tertiary alicyclic amines) is 1. The summed E-state index contributed by atoms with van der Waals surface area (Å²) in [5, 5.41) is 6.04. The summed E-state index contributed by atoms with van der Waals surface area (Å²) in [5.74, 6) is -0.716. The first-order valence-corrected chi connectivity index (χ1v) is 13.5. The number of nitrogens with zero attached hydrogens (tertiary/aromatic N) is 1. The van der Waals surface area contributed by atoms with Crippen molar-refractivity contribution in [3.8, 4) is 0 Å². The van der Waals surface area contributed by atoms with Gasteiger partial charge in [0.05, 0.1) is 11.7 Å². The molecule has 0 spiro atoms. The summed E-state index contributed by atoms with van der Waals surface area (Å²) in [6.07, 6.45) is 6.78. The maximum atomic E-state index is 12.8. The number of rotatable bonds is 6. The minimum absolute atomic E-state index is 0.00425. The van der Waals surface area contributed by atoms with Crippen LogP contribution in [0.15, 0.2) is 18.2 Å². The fraction of sp³-hybridized carbons (Fsp3) is 0.609. The number of nitrogens with one attached hydrogen (secondary N) is 2. The van der Waals surface area contributed by atoms with Crippen molar-refractivity contribution >= 4 is 33.2 Å². The first kappa shape index (κ1) is 22.8. The van der Waals surface area contributed by atoms with Gasteiger partial charge >= 0.3 is 0 Å². The van der Waals surface area contributed by atoms with Crippen molar-refractivity contribution in [1.82, 2.24) is 10.2 Å². The van der Waals surface area contributed by atoms with Crippen LogP contribution >= 0.6 is 0 Å². The Bertz CT molecular complexity index is 1010. The minimum atomic E-state index is -3.17. The molecular weight excluding hydrogens is 430 g/mol. The van der Waals surface area contributed by atoms with Crippen LogP contribution in [0.25, 0.3) is 0 Å². The largest absolute Gasteiger partial charge is 0.349 e. The average molecular weight is 462 g/mol. The summed E-state index contributed by atoms with van der Waals surface area (Å²) < 4.78 is 22.7. The molecule has 1 aromatic rings. The maximum absolute atomic E-state index is 12.8. The van der Waals surface area contributed by atoms with Crippen LogP contribution in [0.2, 0.25) is 0 Å².